The van der Waals surface area contributed by atoms with Crippen molar-refractivity contribution in [3.05, 3.63) is 52.5 Å². The van der Waals surface area contributed by atoms with Crippen LogP contribution >= 0.6 is 15.9 Å². The van der Waals surface area contributed by atoms with Crippen molar-refractivity contribution in [1.29, 1.82) is 0 Å². The van der Waals surface area contributed by atoms with Crippen LogP contribution in [0.2, 0.25) is 0 Å². The van der Waals surface area contributed by atoms with E-state index in [4.69, 9.17) is 5.73 Å². The molecule has 0 aliphatic heterocycles. The van der Waals surface area contributed by atoms with E-state index in [2.05, 4.69) is 31.5 Å². The monoisotopic (exact) mass is 351 g/mol. The van der Waals surface area contributed by atoms with Gasteiger partial charge in [-0.2, -0.15) is 4.68 Å². The third-order valence-corrected chi connectivity index (χ3v) is 3.50. The fourth-order valence-corrected chi connectivity index (χ4v) is 2.22. The van der Waals surface area contributed by atoms with Crippen LogP contribution in [0.25, 0.3) is 17.1 Å². The zero-order chi connectivity index (χ0) is 15.0. The highest BCUT2D eigenvalue weighted by Gasteiger charge is 2.17. The first-order valence-corrected chi connectivity index (χ1v) is 6.65. The summed E-state index contributed by atoms with van der Waals surface area (Å²) in [5, 5.41) is 11.2. The van der Waals surface area contributed by atoms with Gasteiger partial charge in [-0.25, -0.2) is 8.78 Å². The Morgan fingerprint density at radius 1 is 1.10 bits per heavy atom. The summed E-state index contributed by atoms with van der Waals surface area (Å²) >= 11 is 3.01. The van der Waals surface area contributed by atoms with E-state index < -0.39 is 11.6 Å². The number of benzene rings is 2. The van der Waals surface area contributed by atoms with Crippen molar-refractivity contribution in [2.75, 3.05) is 5.73 Å². The number of para-hydroxylation sites is 1. The lowest BCUT2D eigenvalue weighted by atomic mass is 10.1. The summed E-state index contributed by atoms with van der Waals surface area (Å²) in [6, 6.07) is 8.96. The van der Waals surface area contributed by atoms with Crippen LogP contribution < -0.4 is 5.73 Å². The second-order valence-electron chi connectivity index (χ2n) is 4.22. The van der Waals surface area contributed by atoms with Gasteiger partial charge in [0, 0.05) is 17.3 Å². The van der Waals surface area contributed by atoms with Crippen LogP contribution in [0, 0.1) is 11.6 Å². The molecule has 0 amide bonds. The number of anilines is 1. The summed E-state index contributed by atoms with van der Waals surface area (Å²) in [4.78, 5) is 0. The predicted octanol–water partition coefficient (Wildman–Crippen LogP) is 2.95. The predicted molar refractivity (Wildman–Crippen MR) is 76.6 cm³/mol. The van der Waals surface area contributed by atoms with E-state index in [0.717, 1.165) is 6.07 Å². The Morgan fingerprint density at radius 2 is 1.86 bits per heavy atom. The van der Waals surface area contributed by atoms with Crippen molar-refractivity contribution < 1.29 is 8.78 Å². The second-order valence-corrected chi connectivity index (χ2v) is 5.07. The van der Waals surface area contributed by atoms with E-state index in [1.807, 2.05) is 0 Å². The van der Waals surface area contributed by atoms with Gasteiger partial charge in [0.05, 0.1) is 4.47 Å². The van der Waals surface area contributed by atoms with Gasteiger partial charge in [0.25, 0.3) is 0 Å². The highest BCUT2D eigenvalue weighted by atomic mass is 79.9. The van der Waals surface area contributed by atoms with Crippen LogP contribution in [0.15, 0.2) is 40.9 Å². The molecule has 1 aromatic heterocycles. The highest BCUT2D eigenvalue weighted by molar-refractivity contribution is 9.10. The van der Waals surface area contributed by atoms with Gasteiger partial charge in [-0.15, -0.1) is 5.10 Å². The summed E-state index contributed by atoms with van der Waals surface area (Å²) in [7, 11) is 0. The van der Waals surface area contributed by atoms with Crippen molar-refractivity contribution in [3.8, 4) is 17.1 Å². The molecule has 0 atom stereocenters. The number of nitrogens with zero attached hydrogens (tertiary/aromatic N) is 4. The van der Waals surface area contributed by atoms with Gasteiger partial charge in [0.1, 0.15) is 11.5 Å². The minimum Gasteiger partial charge on any atom is -0.398 e. The first-order chi connectivity index (χ1) is 10.1. The van der Waals surface area contributed by atoms with Gasteiger partial charge in [0.2, 0.25) is 0 Å². The summed E-state index contributed by atoms with van der Waals surface area (Å²) in [6.45, 7) is 0. The molecule has 0 aliphatic carbocycles. The molecular formula is C13H8BrF2N5. The van der Waals surface area contributed by atoms with Gasteiger partial charge in [-0.3, -0.25) is 0 Å². The molecule has 8 heteroatoms. The summed E-state index contributed by atoms with van der Waals surface area (Å²) in [6.07, 6.45) is 0. The highest BCUT2D eigenvalue weighted by Crippen LogP contribution is 2.28. The van der Waals surface area contributed by atoms with Crippen LogP contribution in [-0.4, -0.2) is 20.2 Å². The molecule has 2 N–H and O–H groups in total. The molecule has 0 spiro atoms. The smallest absolute Gasteiger partial charge is 0.189 e. The minimum absolute atomic E-state index is 0.0199. The SMILES string of the molecule is Nc1ccccc1-c1nnnn1-c1cc(Br)c(F)cc1F. The molecule has 106 valence electrons. The lowest BCUT2D eigenvalue weighted by Crippen LogP contribution is -2.04. The third-order valence-electron chi connectivity index (χ3n) is 2.89. The topological polar surface area (TPSA) is 69.6 Å². The molecule has 0 aliphatic rings. The normalized spacial score (nSPS) is 10.8. The number of nitrogen functional groups attached to an aromatic ring is 1. The van der Waals surface area contributed by atoms with E-state index in [-0.39, 0.29) is 16.0 Å². The molecule has 21 heavy (non-hydrogen) atoms. The molecule has 0 saturated heterocycles. The van der Waals surface area contributed by atoms with Gasteiger partial charge in [0.15, 0.2) is 11.6 Å². The van der Waals surface area contributed by atoms with E-state index in [1.165, 1.54) is 10.7 Å². The number of halogens is 3. The third kappa shape index (κ3) is 2.38. The van der Waals surface area contributed by atoms with Crippen molar-refractivity contribution in [2.45, 2.75) is 0 Å². The number of rotatable bonds is 2. The maximum Gasteiger partial charge on any atom is 0.189 e. The summed E-state index contributed by atoms with van der Waals surface area (Å²) < 4.78 is 28.6. The summed E-state index contributed by atoms with van der Waals surface area (Å²) in [5.74, 6) is -1.21. The lowest BCUT2D eigenvalue weighted by Gasteiger charge is -2.08. The molecule has 0 unspecified atom stereocenters. The maximum atomic E-state index is 14.0. The van der Waals surface area contributed by atoms with E-state index in [1.54, 1.807) is 24.3 Å². The molecule has 5 nitrogen and oxygen atoms in total. The Morgan fingerprint density at radius 3 is 2.62 bits per heavy atom. The zero-order valence-electron chi connectivity index (χ0n) is 10.5. The number of nitrogens with two attached hydrogens (primary N) is 1. The fourth-order valence-electron chi connectivity index (χ4n) is 1.89. The molecule has 0 saturated carbocycles. The first-order valence-electron chi connectivity index (χ1n) is 5.86. The Labute approximate surface area is 126 Å². The molecular weight excluding hydrogens is 344 g/mol. The second kappa shape index (κ2) is 5.21. The molecule has 2 aromatic carbocycles. The van der Waals surface area contributed by atoms with Crippen LogP contribution in [0.1, 0.15) is 0 Å². The van der Waals surface area contributed by atoms with Gasteiger partial charge in [-0.1, -0.05) is 12.1 Å². The Hall–Kier alpha value is -2.35. The first kappa shape index (κ1) is 13.6. The minimum atomic E-state index is -0.779. The molecule has 0 radical (unpaired) electrons. The van der Waals surface area contributed by atoms with Crippen LogP contribution in [0.5, 0.6) is 0 Å². The number of hydrogen-bond acceptors (Lipinski definition) is 4. The largest absolute Gasteiger partial charge is 0.398 e. The van der Waals surface area contributed by atoms with Gasteiger partial charge >= 0.3 is 0 Å². The fraction of sp³-hybridized carbons (Fsp3) is 0. The van der Waals surface area contributed by atoms with E-state index in [9.17, 15) is 8.78 Å². The maximum absolute atomic E-state index is 14.0. The molecule has 0 bridgehead atoms. The summed E-state index contributed by atoms with van der Waals surface area (Å²) in [5.41, 5.74) is 6.91. The Balaban J connectivity index is 2.21. The average Bonchev–Trinajstić information content (AvgIpc) is 2.92. The standard InChI is InChI=1S/C13H8BrF2N5/c14-8-5-12(10(16)6-9(8)15)21-13(18-19-20-21)7-3-1-2-4-11(7)17/h1-6H,17H2. The molecule has 3 aromatic rings. The number of hydrogen-bond donors (Lipinski definition) is 1. The van der Waals surface area contributed by atoms with Gasteiger partial charge < -0.3 is 5.73 Å². The quantitative estimate of drug-likeness (QED) is 0.569. The van der Waals surface area contributed by atoms with E-state index in [0.29, 0.717) is 11.3 Å². The van der Waals surface area contributed by atoms with E-state index >= 15 is 0 Å². The average molecular weight is 352 g/mol. The van der Waals surface area contributed by atoms with Crippen LogP contribution in [-0.2, 0) is 0 Å². The number of aromatic nitrogens is 4. The van der Waals surface area contributed by atoms with Crippen molar-refractivity contribution in [3.63, 3.8) is 0 Å². The molecule has 3 rings (SSSR count). The van der Waals surface area contributed by atoms with Crippen molar-refractivity contribution in [1.82, 2.24) is 20.2 Å². The Bertz CT molecular complexity index is 818. The van der Waals surface area contributed by atoms with Crippen molar-refractivity contribution >= 4 is 21.6 Å². The van der Waals surface area contributed by atoms with Crippen LogP contribution in [0.3, 0.4) is 0 Å². The van der Waals surface area contributed by atoms with Crippen LogP contribution in [0.4, 0.5) is 14.5 Å². The molecule has 0 fully saturated rings. The number of tetrazole rings is 1. The van der Waals surface area contributed by atoms with Crippen molar-refractivity contribution in [2.24, 2.45) is 0 Å². The molecule has 1 heterocycles. The zero-order valence-corrected chi connectivity index (χ0v) is 12.1. The Kier molecular flexibility index (Phi) is 3.38. The lowest BCUT2D eigenvalue weighted by molar-refractivity contribution is 0.568. The van der Waals surface area contributed by atoms with Gasteiger partial charge in [-0.05, 0) is 44.6 Å².